The molecule has 0 saturated heterocycles. The van der Waals surface area contributed by atoms with Crippen molar-refractivity contribution in [2.24, 2.45) is 0 Å². The average Bonchev–Trinajstić information content (AvgIpc) is 3.13. The number of fused-ring (bicyclic) bond motifs is 4. The van der Waals surface area contributed by atoms with Gasteiger partial charge >= 0.3 is 6.18 Å². The highest BCUT2D eigenvalue weighted by molar-refractivity contribution is 9.11. The first-order valence-electron chi connectivity index (χ1n) is 8.45. The molecule has 3 aromatic heterocycles. The highest BCUT2D eigenvalue weighted by Gasteiger charge is 2.37. The van der Waals surface area contributed by atoms with E-state index in [1.807, 2.05) is 36.4 Å². The van der Waals surface area contributed by atoms with Gasteiger partial charge in [0.1, 0.15) is 5.15 Å². The molecule has 0 bridgehead atoms. The molecule has 0 fully saturated rings. The van der Waals surface area contributed by atoms with E-state index in [0.717, 1.165) is 25.0 Å². The first-order chi connectivity index (χ1) is 14.3. The van der Waals surface area contributed by atoms with E-state index in [-0.39, 0.29) is 5.65 Å². The second kappa shape index (κ2) is 8.13. The minimum atomic E-state index is -4.52. The van der Waals surface area contributed by atoms with E-state index in [1.54, 1.807) is 18.3 Å². The van der Waals surface area contributed by atoms with Gasteiger partial charge in [0.15, 0.2) is 5.65 Å². The zero-order chi connectivity index (χ0) is 21.5. The Hall–Kier alpha value is -2.23. The molecule has 0 saturated carbocycles. The minimum Gasteiger partial charge on any atom is -0.278 e. The van der Waals surface area contributed by atoms with E-state index in [1.165, 1.54) is 6.20 Å². The maximum absolute atomic E-state index is 12.7. The predicted molar refractivity (Wildman–Crippen MR) is 118 cm³/mol. The van der Waals surface area contributed by atoms with Crippen molar-refractivity contribution in [3.05, 3.63) is 80.8 Å². The fourth-order valence-corrected chi connectivity index (χ4v) is 4.52. The Bertz CT molecular complexity index is 1350. The van der Waals surface area contributed by atoms with Gasteiger partial charge in [-0.25, -0.2) is 4.98 Å². The number of hydrogen-bond acceptors (Lipinski definition) is 3. The van der Waals surface area contributed by atoms with E-state index in [9.17, 15) is 13.2 Å². The van der Waals surface area contributed by atoms with Crippen LogP contribution in [0.5, 0.6) is 0 Å². The lowest BCUT2D eigenvalue weighted by atomic mass is 10.2. The van der Waals surface area contributed by atoms with Gasteiger partial charge in [-0.05, 0) is 35.0 Å². The van der Waals surface area contributed by atoms with Crippen molar-refractivity contribution in [2.75, 3.05) is 0 Å². The third-order valence-electron chi connectivity index (χ3n) is 4.32. The summed E-state index contributed by atoms with van der Waals surface area (Å²) in [6.07, 6.45) is -1.49. The molecule has 0 amide bonds. The number of pyridine rings is 2. The summed E-state index contributed by atoms with van der Waals surface area (Å²) in [6.45, 7) is 0. The Morgan fingerprint density at radius 1 is 0.833 bits per heavy atom. The lowest BCUT2D eigenvalue weighted by Gasteiger charge is -2.05. The molecular formula is C20H10Br2ClF3N4. The molecule has 0 aliphatic rings. The van der Waals surface area contributed by atoms with Crippen LogP contribution in [0.2, 0.25) is 5.15 Å². The van der Waals surface area contributed by atoms with Crippen molar-refractivity contribution in [3.63, 3.8) is 0 Å². The van der Waals surface area contributed by atoms with Gasteiger partial charge in [-0.15, -0.1) is 10.2 Å². The van der Waals surface area contributed by atoms with Gasteiger partial charge in [0, 0.05) is 32.1 Å². The summed E-state index contributed by atoms with van der Waals surface area (Å²) in [7, 11) is 0. The van der Waals surface area contributed by atoms with Crippen LogP contribution in [0.3, 0.4) is 0 Å². The van der Waals surface area contributed by atoms with Crippen molar-refractivity contribution in [2.45, 2.75) is 6.18 Å². The zero-order valence-electron chi connectivity index (χ0n) is 14.8. The molecule has 0 radical (unpaired) electrons. The summed E-state index contributed by atoms with van der Waals surface area (Å²) in [4.78, 5) is 4.00. The summed E-state index contributed by atoms with van der Waals surface area (Å²) in [5, 5.41) is 10.9. The molecule has 0 aliphatic carbocycles. The SMILES string of the molecule is Clc1nccc2cccc(Br)c12.FC(F)(F)c1nnc2c3c(Br)cccc3ccn12. The highest BCUT2D eigenvalue weighted by atomic mass is 79.9. The normalized spacial score (nSPS) is 11.7. The van der Waals surface area contributed by atoms with Crippen LogP contribution in [0, 0.1) is 0 Å². The van der Waals surface area contributed by atoms with Gasteiger partial charge in [-0.3, -0.25) is 4.40 Å². The number of rotatable bonds is 0. The van der Waals surface area contributed by atoms with Crippen molar-refractivity contribution in [1.82, 2.24) is 19.6 Å². The van der Waals surface area contributed by atoms with Crippen LogP contribution in [0.25, 0.3) is 27.2 Å². The molecule has 152 valence electrons. The third kappa shape index (κ3) is 3.89. The Labute approximate surface area is 190 Å². The third-order valence-corrected chi connectivity index (χ3v) is 5.92. The largest absolute Gasteiger partial charge is 0.452 e. The summed E-state index contributed by atoms with van der Waals surface area (Å²) in [5.41, 5.74) is 0.187. The van der Waals surface area contributed by atoms with Crippen LogP contribution in [-0.4, -0.2) is 19.6 Å². The summed E-state index contributed by atoms with van der Waals surface area (Å²) in [5.74, 6) is -1.02. The minimum absolute atomic E-state index is 0.187. The number of halogens is 6. The number of alkyl halides is 3. The van der Waals surface area contributed by atoms with Gasteiger partial charge < -0.3 is 0 Å². The Kier molecular flexibility index (Phi) is 5.69. The highest BCUT2D eigenvalue weighted by Crippen LogP contribution is 2.32. The van der Waals surface area contributed by atoms with E-state index in [0.29, 0.717) is 15.0 Å². The Morgan fingerprint density at radius 2 is 1.47 bits per heavy atom. The van der Waals surface area contributed by atoms with Crippen molar-refractivity contribution >= 4 is 70.7 Å². The quantitative estimate of drug-likeness (QED) is 0.187. The number of aromatic nitrogens is 4. The Balaban J connectivity index is 0.000000158. The van der Waals surface area contributed by atoms with Crippen LogP contribution in [-0.2, 0) is 6.18 Å². The second-order valence-electron chi connectivity index (χ2n) is 6.17. The fraction of sp³-hybridized carbons (Fsp3) is 0.0500. The zero-order valence-corrected chi connectivity index (χ0v) is 18.8. The average molecular weight is 559 g/mol. The molecular weight excluding hydrogens is 549 g/mol. The van der Waals surface area contributed by atoms with Crippen LogP contribution in [0.1, 0.15) is 5.82 Å². The molecule has 2 aromatic carbocycles. The molecule has 4 nitrogen and oxygen atoms in total. The first kappa shape index (κ1) is 21.0. The lowest BCUT2D eigenvalue weighted by Crippen LogP contribution is -2.10. The van der Waals surface area contributed by atoms with Gasteiger partial charge in [0.25, 0.3) is 0 Å². The van der Waals surface area contributed by atoms with Gasteiger partial charge in [-0.1, -0.05) is 67.7 Å². The second-order valence-corrected chi connectivity index (χ2v) is 8.24. The number of benzene rings is 2. The molecule has 0 aliphatic heterocycles. The van der Waals surface area contributed by atoms with Crippen LogP contribution >= 0.6 is 43.5 Å². The van der Waals surface area contributed by atoms with Crippen LogP contribution in [0.15, 0.2) is 69.9 Å². The van der Waals surface area contributed by atoms with Crippen molar-refractivity contribution in [3.8, 4) is 0 Å². The summed E-state index contributed by atoms with van der Waals surface area (Å²) >= 11 is 12.7. The van der Waals surface area contributed by atoms with Crippen molar-refractivity contribution < 1.29 is 13.2 Å². The maximum Gasteiger partial charge on any atom is 0.452 e. The standard InChI is InChI=1S/C11H5BrF3N3.C9H5BrClN/c12-7-3-1-2-6-4-5-18-9(8(6)7)16-17-10(18)11(13,14)15;10-7-3-1-2-6-4-5-12-9(11)8(6)7/h1-5H;1-5H. The van der Waals surface area contributed by atoms with Gasteiger partial charge in [-0.2, -0.15) is 13.2 Å². The van der Waals surface area contributed by atoms with E-state index < -0.39 is 12.0 Å². The lowest BCUT2D eigenvalue weighted by molar-refractivity contribution is -0.145. The van der Waals surface area contributed by atoms with Crippen LogP contribution < -0.4 is 0 Å². The smallest absolute Gasteiger partial charge is 0.278 e. The van der Waals surface area contributed by atoms with Gasteiger partial charge in [0.05, 0.1) is 0 Å². The van der Waals surface area contributed by atoms with E-state index in [2.05, 4.69) is 47.0 Å². The maximum atomic E-state index is 12.7. The topological polar surface area (TPSA) is 43.1 Å². The number of nitrogens with zero attached hydrogens (tertiary/aromatic N) is 4. The molecule has 5 aromatic rings. The van der Waals surface area contributed by atoms with Crippen LogP contribution in [0.4, 0.5) is 13.2 Å². The first-order valence-corrected chi connectivity index (χ1v) is 10.4. The molecule has 3 heterocycles. The van der Waals surface area contributed by atoms with E-state index in [4.69, 9.17) is 11.6 Å². The predicted octanol–water partition coefficient (Wildman–Crippen LogP) is 7.31. The molecule has 10 heteroatoms. The molecule has 30 heavy (non-hydrogen) atoms. The molecule has 0 unspecified atom stereocenters. The Morgan fingerprint density at radius 3 is 2.10 bits per heavy atom. The summed E-state index contributed by atoms with van der Waals surface area (Å²) < 4.78 is 40.8. The fourth-order valence-electron chi connectivity index (χ4n) is 3.01. The monoisotopic (exact) mass is 556 g/mol. The molecule has 0 atom stereocenters. The number of hydrogen-bond donors (Lipinski definition) is 0. The van der Waals surface area contributed by atoms with Gasteiger partial charge in [0.2, 0.25) is 5.82 Å². The molecule has 0 spiro atoms. The molecule has 5 rings (SSSR count). The summed E-state index contributed by atoms with van der Waals surface area (Å²) in [6, 6.07) is 14.8. The van der Waals surface area contributed by atoms with Crippen molar-refractivity contribution in [1.29, 1.82) is 0 Å². The molecule has 0 N–H and O–H groups in total. The van der Waals surface area contributed by atoms with E-state index >= 15 is 0 Å².